The van der Waals surface area contributed by atoms with Crippen molar-refractivity contribution >= 4 is 31.7 Å². The van der Waals surface area contributed by atoms with Crippen LogP contribution in [0.15, 0.2) is 35.2 Å². The van der Waals surface area contributed by atoms with Gasteiger partial charge in [-0.25, -0.2) is 8.42 Å². The van der Waals surface area contributed by atoms with Crippen LogP contribution in [0.25, 0.3) is 0 Å². The maximum absolute atomic E-state index is 12.7. The number of sulfone groups is 1. The summed E-state index contributed by atoms with van der Waals surface area (Å²) >= 11 is 3.28. The van der Waals surface area contributed by atoms with Crippen LogP contribution in [0.2, 0.25) is 0 Å². The Morgan fingerprint density at radius 3 is 2.30 bits per heavy atom. The van der Waals surface area contributed by atoms with Gasteiger partial charge in [0.05, 0.1) is 4.90 Å². The van der Waals surface area contributed by atoms with Crippen LogP contribution in [-0.4, -0.2) is 24.1 Å². The molecule has 1 unspecified atom stereocenters. The minimum atomic E-state index is -3.59. The first-order valence-electron chi connectivity index (χ1n) is 6.51. The lowest BCUT2D eigenvalue weighted by Gasteiger charge is -2.33. The highest BCUT2D eigenvalue weighted by Gasteiger charge is 2.49. The summed E-state index contributed by atoms with van der Waals surface area (Å²) in [5.74, 6) is -0.445. The summed E-state index contributed by atoms with van der Waals surface area (Å²) in [6.07, 6.45) is 2.85. The third kappa shape index (κ3) is 2.91. The first-order valence-corrected chi connectivity index (χ1v) is 8.97. The standard InChI is InChI=1S/C14H17BrO4S/c1-11(16)19-14(9-5-6-10-14)13(15)20(17,18)12-7-3-2-4-8-12/h2-4,7-8,13H,5-6,9-10H2,1H3. The topological polar surface area (TPSA) is 60.4 Å². The summed E-state index contributed by atoms with van der Waals surface area (Å²) in [4.78, 5) is 11.6. The van der Waals surface area contributed by atoms with Crippen molar-refractivity contribution in [1.29, 1.82) is 0 Å². The van der Waals surface area contributed by atoms with Gasteiger partial charge in [-0.1, -0.05) is 34.1 Å². The summed E-state index contributed by atoms with van der Waals surface area (Å²) in [5.41, 5.74) is -0.958. The second-order valence-corrected chi connectivity index (χ2v) is 8.59. The van der Waals surface area contributed by atoms with E-state index in [1.807, 2.05) is 0 Å². The molecule has 0 amide bonds. The van der Waals surface area contributed by atoms with E-state index >= 15 is 0 Å². The molecule has 20 heavy (non-hydrogen) atoms. The smallest absolute Gasteiger partial charge is 0.303 e. The average Bonchev–Trinajstić information content (AvgIpc) is 2.87. The van der Waals surface area contributed by atoms with E-state index in [0.717, 1.165) is 12.8 Å². The average molecular weight is 361 g/mol. The molecular weight excluding hydrogens is 344 g/mol. The molecule has 4 nitrogen and oxygen atoms in total. The highest BCUT2D eigenvalue weighted by Crippen LogP contribution is 2.43. The number of carbonyl (C=O) groups is 1. The quantitative estimate of drug-likeness (QED) is 0.611. The molecule has 0 bridgehead atoms. The molecule has 0 radical (unpaired) electrons. The van der Waals surface area contributed by atoms with Crippen molar-refractivity contribution < 1.29 is 17.9 Å². The molecule has 0 aromatic heterocycles. The Kier molecular flexibility index (Phi) is 4.54. The fourth-order valence-electron chi connectivity index (χ4n) is 2.65. The predicted octanol–water partition coefficient (Wildman–Crippen LogP) is 3.06. The van der Waals surface area contributed by atoms with Crippen molar-refractivity contribution in [3.05, 3.63) is 30.3 Å². The summed E-state index contributed by atoms with van der Waals surface area (Å²) in [5, 5.41) is 0. The zero-order valence-corrected chi connectivity index (χ0v) is 13.6. The van der Waals surface area contributed by atoms with E-state index in [1.165, 1.54) is 6.92 Å². The van der Waals surface area contributed by atoms with Crippen molar-refractivity contribution in [3.8, 4) is 0 Å². The Morgan fingerprint density at radius 2 is 1.80 bits per heavy atom. The summed E-state index contributed by atoms with van der Waals surface area (Å²) < 4.78 is 29.8. The molecule has 0 saturated heterocycles. The van der Waals surface area contributed by atoms with Crippen molar-refractivity contribution in [2.45, 2.75) is 47.3 Å². The van der Waals surface area contributed by atoms with E-state index < -0.39 is 25.6 Å². The lowest BCUT2D eigenvalue weighted by atomic mass is 10.1. The normalized spacial score (nSPS) is 19.5. The van der Waals surface area contributed by atoms with E-state index in [9.17, 15) is 13.2 Å². The number of benzene rings is 1. The van der Waals surface area contributed by atoms with E-state index in [4.69, 9.17) is 4.74 Å². The fraction of sp³-hybridized carbons (Fsp3) is 0.500. The predicted molar refractivity (Wildman–Crippen MR) is 79.3 cm³/mol. The Bertz CT molecular complexity index is 576. The molecule has 0 spiro atoms. The van der Waals surface area contributed by atoms with Gasteiger partial charge in [-0.15, -0.1) is 0 Å². The third-order valence-corrected chi connectivity index (χ3v) is 7.77. The summed E-state index contributed by atoms with van der Waals surface area (Å²) in [6.45, 7) is 1.31. The Balaban J connectivity index is 2.37. The number of hydrogen-bond donors (Lipinski definition) is 0. The minimum Gasteiger partial charge on any atom is -0.457 e. The Morgan fingerprint density at radius 1 is 1.25 bits per heavy atom. The number of alkyl halides is 1. The zero-order valence-electron chi connectivity index (χ0n) is 11.2. The molecule has 2 rings (SSSR count). The van der Waals surface area contributed by atoms with Crippen LogP contribution in [0, 0.1) is 0 Å². The largest absolute Gasteiger partial charge is 0.457 e. The molecule has 1 atom stereocenters. The first kappa shape index (κ1) is 15.5. The summed E-state index contributed by atoms with van der Waals surface area (Å²) in [7, 11) is -3.59. The monoisotopic (exact) mass is 360 g/mol. The van der Waals surface area contributed by atoms with Gasteiger partial charge < -0.3 is 4.74 Å². The molecule has 1 fully saturated rings. The molecule has 0 aliphatic heterocycles. The van der Waals surface area contributed by atoms with Crippen LogP contribution >= 0.6 is 15.9 Å². The number of esters is 1. The van der Waals surface area contributed by atoms with Gasteiger partial charge in [-0.2, -0.15) is 0 Å². The number of ether oxygens (including phenoxy) is 1. The molecule has 110 valence electrons. The number of hydrogen-bond acceptors (Lipinski definition) is 4. The second-order valence-electron chi connectivity index (χ2n) is 5.04. The lowest BCUT2D eigenvalue weighted by molar-refractivity contribution is -0.154. The van der Waals surface area contributed by atoms with Crippen LogP contribution < -0.4 is 0 Å². The van der Waals surface area contributed by atoms with Crippen molar-refractivity contribution in [2.24, 2.45) is 0 Å². The molecule has 1 saturated carbocycles. The maximum atomic E-state index is 12.7. The van der Waals surface area contributed by atoms with Gasteiger partial charge in [0, 0.05) is 6.92 Å². The highest BCUT2D eigenvalue weighted by molar-refractivity contribution is 9.11. The van der Waals surface area contributed by atoms with Gasteiger partial charge in [0.25, 0.3) is 0 Å². The van der Waals surface area contributed by atoms with Gasteiger partial charge in [0.2, 0.25) is 0 Å². The number of carbonyl (C=O) groups excluding carboxylic acids is 1. The Labute approximate surface area is 127 Å². The van der Waals surface area contributed by atoms with Gasteiger partial charge in [0.1, 0.15) is 5.60 Å². The first-order chi connectivity index (χ1) is 9.38. The van der Waals surface area contributed by atoms with Crippen LogP contribution in [0.3, 0.4) is 0 Å². The number of halogens is 1. The zero-order chi connectivity index (χ0) is 14.8. The third-order valence-electron chi connectivity index (χ3n) is 3.55. The molecule has 0 heterocycles. The van der Waals surface area contributed by atoms with Crippen LogP contribution in [0.5, 0.6) is 0 Å². The van der Waals surface area contributed by atoms with Crippen molar-refractivity contribution in [3.63, 3.8) is 0 Å². The molecule has 0 N–H and O–H groups in total. The second kappa shape index (κ2) is 5.85. The fourth-order valence-corrected chi connectivity index (χ4v) is 5.47. The Hall–Kier alpha value is -0.880. The van der Waals surface area contributed by atoms with Crippen molar-refractivity contribution in [2.75, 3.05) is 0 Å². The highest BCUT2D eigenvalue weighted by atomic mass is 79.9. The van der Waals surface area contributed by atoms with Crippen LogP contribution in [-0.2, 0) is 19.4 Å². The summed E-state index contributed by atoms with van der Waals surface area (Å²) in [6, 6.07) is 8.24. The SMILES string of the molecule is CC(=O)OC1(C(Br)S(=O)(=O)c2ccccc2)CCCC1. The minimum absolute atomic E-state index is 0.236. The molecule has 1 aromatic rings. The lowest BCUT2D eigenvalue weighted by Crippen LogP contribution is -2.44. The number of rotatable bonds is 4. The maximum Gasteiger partial charge on any atom is 0.303 e. The molecule has 6 heteroatoms. The molecule has 1 aliphatic carbocycles. The van der Waals surface area contributed by atoms with E-state index in [1.54, 1.807) is 30.3 Å². The van der Waals surface area contributed by atoms with Gasteiger partial charge in [0.15, 0.2) is 14.0 Å². The van der Waals surface area contributed by atoms with E-state index in [-0.39, 0.29) is 4.90 Å². The van der Waals surface area contributed by atoms with E-state index in [2.05, 4.69) is 15.9 Å². The van der Waals surface area contributed by atoms with Crippen LogP contribution in [0.4, 0.5) is 0 Å². The molecular formula is C14H17BrO4S. The van der Waals surface area contributed by atoms with Crippen LogP contribution in [0.1, 0.15) is 32.6 Å². The molecule has 1 aliphatic rings. The molecule has 1 aromatic carbocycles. The van der Waals surface area contributed by atoms with Gasteiger partial charge in [-0.05, 0) is 37.8 Å². The van der Waals surface area contributed by atoms with Gasteiger partial charge >= 0.3 is 5.97 Å². The van der Waals surface area contributed by atoms with Crippen molar-refractivity contribution in [1.82, 2.24) is 0 Å². The van der Waals surface area contributed by atoms with E-state index in [0.29, 0.717) is 12.8 Å². The van der Waals surface area contributed by atoms with Gasteiger partial charge in [-0.3, -0.25) is 4.79 Å².